The Kier molecular flexibility index (Phi) is 5.85. The Hall–Kier alpha value is -2.44. The van der Waals surface area contributed by atoms with Gasteiger partial charge in [0.15, 0.2) is 4.80 Å². The molecule has 2 aromatic carbocycles. The SMILES string of the molecule is COCCn1c(=NC(=O)Cc2cc(C)ccc2OC)sc2ccccc21. The van der Waals surface area contributed by atoms with Gasteiger partial charge < -0.3 is 14.0 Å². The Morgan fingerprint density at radius 3 is 2.77 bits per heavy atom. The summed E-state index contributed by atoms with van der Waals surface area (Å²) in [5.74, 6) is 0.523. The van der Waals surface area contributed by atoms with Crippen molar-refractivity contribution in [2.45, 2.75) is 19.9 Å². The minimum atomic E-state index is -0.188. The third-order valence-electron chi connectivity index (χ3n) is 4.11. The van der Waals surface area contributed by atoms with E-state index in [1.807, 2.05) is 54.0 Å². The van der Waals surface area contributed by atoms with Gasteiger partial charge in [0.25, 0.3) is 5.91 Å². The van der Waals surface area contributed by atoms with Crippen LogP contribution in [0.2, 0.25) is 0 Å². The summed E-state index contributed by atoms with van der Waals surface area (Å²) in [7, 11) is 3.28. The zero-order valence-corrected chi connectivity index (χ0v) is 16.0. The number of methoxy groups -OCH3 is 2. The second kappa shape index (κ2) is 8.29. The second-order valence-corrected chi connectivity index (χ2v) is 7.00. The highest BCUT2D eigenvalue weighted by molar-refractivity contribution is 7.16. The maximum atomic E-state index is 12.6. The van der Waals surface area contributed by atoms with Crippen molar-refractivity contribution < 1.29 is 14.3 Å². The van der Waals surface area contributed by atoms with Gasteiger partial charge in [-0.3, -0.25) is 4.79 Å². The van der Waals surface area contributed by atoms with E-state index in [-0.39, 0.29) is 12.3 Å². The molecule has 0 saturated carbocycles. The van der Waals surface area contributed by atoms with Crippen LogP contribution >= 0.6 is 11.3 Å². The molecule has 1 heterocycles. The first kappa shape index (κ1) is 18.4. The molecule has 1 aromatic heterocycles. The van der Waals surface area contributed by atoms with Crippen molar-refractivity contribution in [3.05, 3.63) is 58.4 Å². The minimum Gasteiger partial charge on any atom is -0.496 e. The van der Waals surface area contributed by atoms with E-state index >= 15 is 0 Å². The predicted octanol–water partition coefficient (Wildman–Crippen LogP) is 3.34. The fraction of sp³-hybridized carbons (Fsp3) is 0.300. The van der Waals surface area contributed by atoms with Crippen LogP contribution in [-0.4, -0.2) is 31.3 Å². The summed E-state index contributed by atoms with van der Waals surface area (Å²) < 4.78 is 13.7. The van der Waals surface area contributed by atoms with Crippen LogP contribution in [-0.2, 0) is 22.5 Å². The Labute approximate surface area is 156 Å². The van der Waals surface area contributed by atoms with Gasteiger partial charge in [0, 0.05) is 19.2 Å². The lowest BCUT2D eigenvalue weighted by Crippen LogP contribution is -2.19. The first-order chi connectivity index (χ1) is 12.6. The number of nitrogens with zero attached hydrogens (tertiary/aromatic N) is 2. The quantitative estimate of drug-likeness (QED) is 0.669. The van der Waals surface area contributed by atoms with Gasteiger partial charge in [0.05, 0.1) is 30.4 Å². The lowest BCUT2D eigenvalue weighted by atomic mass is 10.1. The van der Waals surface area contributed by atoms with Crippen LogP contribution in [0.15, 0.2) is 47.5 Å². The number of hydrogen-bond donors (Lipinski definition) is 0. The number of rotatable bonds is 6. The highest BCUT2D eigenvalue weighted by atomic mass is 32.1. The molecule has 26 heavy (non-hydrogen) atoms. The first-order valence-electron chi connectivity index (χ1n) is 8.40. The number of carbonyl (C=O) groups excluding carboxylic acids is 1. The van der Waals surface area contributed by atoms with Crippen LogP contribution in [0.1, 0.15) is 11.1 Å². The maximum absolute atomic E-state index is 12.6. The highest BCUT2D eigenvalue weighted by Crippen LogP contribution is 2.21. The standard InChI is InChI=1S/C20H22N2O3S/c1-14-8-9-17(25-3)15(12-14)13-19(23)21-20-22(10-11-24-2)16-6-4-5-7-18(16)26-20/h4-9,12H,10-11,13H2,1-3H3. The molecule has 3 aromatic rings. The van der Waals surface area contributed by atoms with Crippen molar-refractivity contribution >= 4 is 27.5 Å². The van der Waals surface area contributed by atoms with Crippen molar-refractivity contribution in [2.24, 2.45) is 4.99 Å². The van der Waals surface area contributed by atoms with Crippen molar-refractivity contribution in [2.75, 3.05) is 20.8 Å². The van der Waals surface area contributed by atoms with E-state index in [0.717, 1.165) is 21.3 Å². The Bertz CT molecular complexity index is 988. The summed E-state index contributed by atoms with van der Waals surface area (Å²) in [4.78, 5) is 17.7. The van der Waals surface area contributed by atoms with Gasteiger partial charge in [-0.05, 0) is 25.1 Å². The minimum absolute atomic E-state index is 0.188. The third-order valence-corrected chi connectivity index (χ3v) is 5.16. The number of aryl methyl sites for hydroxylation is 1. The van der Waals surface area contributed by atoms with E-state index in [9.17, 15) is 4.79 Å². The van der Waals surface area contributed by atoms with Gasteiger partial charge in [0.2, 0.25) is 0 Å². The van der Waals surface area contributed by atoms with Crippen molar-refractivity contribution in [1.29, 1.82) is 0 Å². The van der Waals surface area contributed by atoms with Crippen LogP contribution in [0.25, 0.3) is 10.2 Å². The number of aromatic nitrogens is 1. The molecule has 0 atom stereocenters. The molecule has 0 aliphatic rings. The number of thiazole rings is 1. The van der Waals surface area contributed by atoms with Gasteiger partial charge in [-0.1, -0.05) is 41.2 Å². The summed E-state index contributed by atoms with van der Waals surface area (Å²) in [6, 6.07) is 13.9. The summed E-state index contributed by atoms with van der Waals surface area (Å²) in [6.45, 7) is 3.21. The molecular weight excluding hydrogens is 348 g/mol. The van der Waals surface area contributed by atoms with Gasteiger partial charge in [-0.2, -0.15) is 4.99 Å². The molecule has 0 aliphatic carbocycles. The molecule has 5 nitrogen and oxygen atoms in total. The molecule has 0 spiro atoms. The van der Waals surface area contributed by atoms with Crippen LogP contribution in [0.3, 0.4) is 0 Å². The van der Waals surface area contributed by atoms with E-state index in [0.29, 0.717) is 23.7 Å². The fourth-order valence-electron chi connectivity index (χ4n) is 2.86. The van der Waals surface area contributed by atoms with Crippen LogP contribution in [0.5, 0.6) is 5.75 Å². The molecule has 0 N–H and O–H groups in total. The number of fused-ring (bicyclic) bond motifs is 1. The first-order valence-corrected chi connectivity index (χ1v) is 9.22. The van der Waals surface area contributed by atoms with E-state index in [4.69, 9.17) is 9.47 Å². The Balaban J connectivity index is 1.96. The summed E-state index contributed by atoms with van der Waals surface area (Å²) in [5, 5.41) is 0. The van der Waals surface area contributed by atoms with Crippen LogP contribution < -0.4 is 9.54 Å². The van der Waals surface area contributed by atoms with Gasteiger partial charge in [0.1, 0.15) is 5.75 Å². The largest absolute Gasteiger partial charge is 0.496 e. The molecule has 0 aliphatic heterocycles. The van der Waals surface area contributed by atoms with Crippen molar-refractivity contribution in [3.8, 4) is 5.75 Å². The van der Waals surface area contributed by atoms with Gasteiger partial charge in [-0.25, -0.2) is 0 Å². The van der Waals surface area contributed by atoms with Crippen molar-refractivity contribution in [3.63, 3.8) is 0 Å². The van der Waals surface area contributed by atoms with Crippen LogP contribution in [0.4, 0.5) is 0 Å². The molecule has 0 bridgehead atoms. The Morgan fingerprint density at radius 1 is 1.19 bits per heavy atom. The molecule has 6 heteroatoms. The van der Waals surface area contributed by atoms with E-state index in [1.165, 1.54) is 11.3 Å². The number of carbonyl (C=O) groups is 1. The monoisotopic (exact) mass is 370 g/mol. The number of ether oxygens (including phenoxy) is 2. The molecule has 0 unspecified atom stereocenters. The van der Waals surface area contributed by atoms with Gasteiger partial charge in [-0.15, -0.1) is 0 Å². The number of benzene rings is 2. The average molecular weight is 370 g/mol. The van der Waals surface area contributed by atoms with E-state index < -0.39 is 0 Å². The second-order valence-electron chi connectivity index (χ2n) is 5.99. The molecular formula is C20H22N2O3S. The molecule has 0 saturated heterocycles. The zero-order chi connectivity index (χ0) is 18.5. The fourth-order valence-corrected chi connectivity index (χ4v) is 3.93. The summed E-state index contributed by atoms with van der Waals surface area (Å²) >= 11 is 1.51. The van der Waals surface area contributed by atoms with E-state index in [1.54, 1.807) is 14.2 Å². The number of hydrogen-bond acceptors (Lipinski definition) is 4. The summed E-state index contributed by atoms with van der Waals surface area (Å²) in [6.07, 6.45) is 0.212. The predicted molar refractivity (Wildman–Crippen MR) is 104 cm³/mol. The lowest BCUT2D eigenvalue weighted by Gasteiger charge is -2.07. The summed E-state index contributed by atoms with van der Waals surface area (Å²) in [5.41, 5.74) is 3.01. The molecule has 0 radical (unpaired) electrons. The third kappa shape index (κ3) is 4.03. The maximum Gasteiger partial charge on any atom is 0.252 e. The molecule has 136 valence electrons. The van der Waals surface area contributed by atoms with Crippen molar-refractivity contribution in [1.82, 2.24) is 4.57 Å². The molecule has 1 amide bonds. The average Bonchev–Trinajstić information content (AvgIpc) is 2.97. The molecule has 3 rings (SSSR count). The molecule has 0 fully saturated rings. The Morgan fingerprint density at radius 2 is 2.00 bits per heavy atom. The van der Waals surface area contributed by atoms with E-state index in [2.05, 4.69) is 4.99 Å². The number of para-hydroxylation sites is 1. The van der Waals surface area contributed by atoms with Crippen LogP contribution in [0, 0.1) is 6.92 Å². The zero-order valence-electron chi connectivity index (χ0n) is 15.2. The smallest absolute Gasteiger partial charge is 0.252 e. The lowest BCUT2D eigenvalue weighted by molar-refractivity contribution is -0.117. The topological polar surface area (TPSA) is 52.8 Å². The highest BCUT2D eigenvalue weighted by Gasteiger charge is 2.11. The normalized spacial score (nSPS) is 11.9. The number of amides is 1. The van der Waals surface area contributed by atoms with Gasteiger partial charge >= 0.3 is 0 Å².